The summed E-state index contributed by atoms with van der Waals surface area (Å²) >= 11 is 6.17. The third-order valence-corrected chi connectivity index (χ3v) is 4.77. The summed E-state index contributed by atoms with van der Waals surface area (Å²) in [7, 11) is 0. The fraction of sp³-hybridized carbons (Fsp3) is 0.350. The Kier molecular flexibility index (Phi) is 5.94. The van der Waals surface area contributed by atoms with Crippen molar-refractivity contribution in [2.24, 2.45) is 0 Å². The van der Waals surface area contributed by atoms with Gasteiger partial charge < -0.3 is 10.1 Å². The Morgan fingerprint density at radius 1 is 1.30 bits per heavy atom. The van der Waals surface area contributed by atoms with E-state index in [9.17, 15) is 18.0 Å². The number of nitrogens with one attached hydrogen (secondary N) is 1. The molecule has 0 spiro atoms. The van der Waals surface area contributed by atoms with Crippen LogP contribution in [0.25, 0.3) is 16.7 Å². The molecule has 0 unspecified atom stereocenters. The number of amides is 1. The predicted octanol–water partition coefficient (Wildman–Crippen LogP) is 4.61. The van der Waals surface area contributed by atoms with Crippen molar-refractivity contribution in [3.63, 3.8) is 0 Å². The van der Waals surface area contributed by atoms with E-state index in [0.717, 1.165) is 6.07 Å². The lowest BCUT2D eigenvalue weighted by Crippen LogP contribution is -2.34. The number of ether oxygens (including phenoxy) is 1. The average molecular weight is 441 g/mol. The van der Waals surface area contributed by atoms with Gasteiger partial charge in [0, 0.05) is 17.1 Å². The standard InChI is InChI=1S/C20H20ClF3N4O2/c1-10(2)25-16(29)9-30-17-8-13(20(22,23)24)18-12(4)27-28(19(18)26-17)15-7-5-6-14(21)11(15)3/h5-8,10H,9H2,1-4H3,(H,25,29). The van der Waals surface area contributed by atoms with Crippen molar-refractivity contribution in [3.8, 4) is 11.6 Å². The SMILES string of the molecule is Cc1c(Cl)cccc1-n1nc(C)c2c(C(F)(F)F)cc(OCC(=O)NC(C)C)nc21. The first-order chi connectivity index (χ1) is 14.0. The van der Waals surface area contributed by atoms with E-state index in [0.29, 0.717) is 16.3 Å². The highest BCUT2D eigenvalue weighted by Crippen LogP contribution is 2.38. The van der Waals surface area contributed by atoms with Crippen molar-refractivity contribution in [2.45, 2.75) is 39.9 Å². The highest BCUT2D eigenvalue weighted by Gasteiger charge is 2.36. The summed E-state index contributed by atoms with van der Waals surface area (Å²) in [6.45, 7) is 6.28. The summed E-state index contributed by atoms with van der Waals surface area (Å²) in [5, 5.41) is 7.19. The van der Waals surface area contributed by atoms with E-state index >= 15 is 0 Å². The molecule has 0 aliphatic heterocycles. The molecule has 3 aromatic rings. The number of halogens is 4. The first-order valence-corrected chi connectivity index (χ1v) is 9.52. The Balaban J connectivity index is 2.16. The zero-order valence-electron chi connectivity index (χ0n) is 16.8. The molecule has 2 heterocycles. The third-order valence-electron chi connectivity index (χ3n) is 4.36. The van der Waals surface area contributed by atoms with Crippen molar-refractivity contribution in [1.29, 1.82) is 0 Å². The van der Waals surface area contributed by atoms with Crippen LogP contribution in [0.3, 0.4) is 0 Å². The molecule has 160 valence electrons. The van der Waals surface area contributed by atoms with Crippen LogP contribution < -0.4 is 10.1 Å². The van der Waals surface area contributed by atoms with Crippen LogP contribution in [-0.2, 0) is 11.0 Å². The van der Waals surface area contributed by atoms with Gasteiger partial charge in [0.25, 0.3) is 5.91 Å². The van der Waals surface area contributed by atoms with Crippen LogP contribution in [0, 0.1) is 13.8 Å². The summed E-state index contributed by atoms with van der Waals surface area (Å²) in [6, 6.07) is 5.70. The van der Waals surface area contributed by atoms with E-state index in [4.69, 9.17) is 16.3 Å². The number of aromatic nitrogens is 3. The van der Waals surface area contributed by atoms with Gasteiger partial charge in [-0.3, -0.25) is 4.79 Å². The minimum atomic E-state index is -4.67. The van der Waals surface area contributed by atoms with Gasteiger partial charge in [-0.05, 0) is 45.4 Å². The lowest BCUT2D eigenvalue weighted by molar-refractivity contribution is -0.136. The Morgan fingerprint density at radius 3 is 2.63 bits per heavy atom. The summed E-state index contributed by atoms with van der Waals surface area (Å²) < 4.78 is 47.9. The van der Waals surface area contributed by atoms with Crippen molar-refractivity contribution >= 4 is 28.5 Å². The van der Waals surface area contributed by atoms with Crippen LogP contribution in [0.1, 0.15) is 30.7 Å². The monoisotopic (exact) mass is 440 g/mol. The van der Waals surface area contributed by atoms with Crippen LogP contribution in [0.5, 0.6) is 5.88 Å². The smallest absolute Gasteiger partial charge is 0.417 e. The van der Waals surface area contributed by atoms with Gasteiger partial charge in [-0.15, -0.1) is 0 Å². The van der Waals surface area contributed by atoms with Gasteiger partial charge in [-0.25, -0.2) is 4.68 Å². The van der Waals surface area contributed by atoms with Gasteiger partial charge in [-0.2, -0.15) is 23.3 Å². The molecule has 0 saturated carbocycles. The molecule has 3 rings (SSSR count). The second-order valence-electron chi connectivity index (χ2n) is 7.10. The molecule has 0 aliphatic rings. The maximum atomic E-state index is 13.8. The van der Waals surface area contributed by atoms with Gasteiger partial charge in [0.15, 0.2) is 12.3 Å². The number of hydrogen-bond donors (Lipinski definition) is 1. The van der Waals surface area contributed by atoms with E-state index in [1.54, 1.807) is 39.0 Å². The summed E-state index contributed by atoms with van der Waals surface area (Å²) in [5.74, 6) is -0.787. The third kappa shape index (κ3) is 4.35. The number of nitrogens with zero attached hydrogens (tertiary/aromatic N) is 3. The molecule has 6 nitrogen and oxygen atoms in total. The fourth-order valence-electron chi connectivity index (χ4n) is 3.06. The summed E-state index contributed by atoms with van der Waals surface area (Å²) in [4.78, 5) is 16.1. The molecule has 30 heavy (non-hydrogen) atoms. The van der Waals surface area contributed by atoms with Crippen LogP contribution in [0.15, 0.2) is 24.3 Å². The first kappa shape index (κ1) is 21.9. The molecule has 0 bridgehead atoms. The van der Waals surface area contributed by atoms with E-state index in [2.05, 4.69) is 15.4 Å². The lowest BCUT2D eigenvalue weighted by atomic mass is 10.1. The largest absolute Gasteiger partial charge is 0.467 e. The number of aryl methyl sites for hydroxylation is 1. The lowest BCUT2D eigenvalue weighted by Gasteiger charge is -2.13. The molecule has 2 aromatic heterocycles. The Hall–Kier alpha value is -2.81. The number of benzene rings is 1. The Labute approximate surface area is 176 Å². The zero-order valence-corrected chi connectivity index (χ0v) is 17.5. The number of fused-ring (bicyclic) bond motifs is 1. The quantitative estimate of drug-likeness (QED) is 0.629. The summed E-state index contributed by atoms with van der Waals surface area (Å²) in [5.41, 5.74) is 0.327. The van der Waals surface area contributed by atoms with E-state index in [1.807, 2.05) is 0 Å². The van der Waals surface area contributed by atoms with Gasteiger partial charge >= 0.3 is 6.18 Å². The van der Waals surface area contributed by atoms with Crippen LogP contribution in [0.2, 0.25) is 5.02 Å². The molecular weight excluding hydrogens is 421 g/mol. The number of carbonyl (C=O) groups is 1. The van der Waals surface area contributed by atoms with E-state index in [-0.39, 0.29) is 28.6 Å². The normalized spacial score (nSPS) is 11.9. The van der Waals surface area contributed by atoms with Crippen LogP contribution >= 0.6 is 11.6 Å². The topological polar surface area (TPSA) is 69.0 Å². The minimum absolute atomic E-state index is 0.0352. The maximum Gasteiger partial charge on any atom is 0.417 e. The number of pyridine rings is 1. The Bertz CT molecular complexity index is 1110. The van der Waals surface area contributed by atoms with E-state index in [1.165, 1.54) is 11.6 Å². The van der Waals surface area contributed by atoms with Gasteiger partial charge in [0.2, 0.25) is 5.88 Å². The first-order valence-electron chi connectivity index (χ1n) is 9.14. The van der Waals surface area contributed by atoms with Gasteiger partial charge in [0.05, 0.1) is 22.3 Å². The number of hydrogen-bond acceptors (Lipinski definition) is 4. The maximum absolute atomic E-state index is 13.8. The van der Waals surface area contributed by atoms with Crippen molar-refractivity contribution in [2.75, 3.05) is 6.61 Å². The Morgan fingerprint density at radius 2 is 2.00 bits per heavy atom. The average Bonchev–Trinajstić information content (AvgIpc) is 2.97. The molecule has 0 fully saturated rings. The van der Waals surface area contributed by atoms with Gasteiger partial charge in [-0.1, -0.05) is 17.7 Å². The molecule has 1 N–H and O–H groups in total. The second kappa shape index (κ2) is 8.14. The highest BCUT2D eigenvalue weighted by atomic mass is 35.5. The van der Waals surface area contributed by atoms with Crippen molar-refractivity contribution < 1.29 is 22.7 Å². The minimum Gasteiger partial charge on any atom is -0.467 e. The van der Waals surface area contributed by atoms with Gasteiger partial charge in [0.1, 0.15) is 0 Å². The molecule has 0 aliphatic carbocycles. The molecule has 1 aromatic carbocycles. The van der Waals surface area contributed by atoms with Crippen LogP contribution in [0.4, 0.5) is 13.2 Å². The molecule has 0 radical (unpaired) electrons. The zero-order chi connectivity index (χ0) is 22.2. The number of carbonyl (C=O) groups excluding carboxylic acids is 1. The second-order valence-corrected chi connectivity index (χ2v) is 7.50. The predicted molar refractivity (Wildman–Crippen MR) is 107 cm³/mol. The molecule has 10 heteroatoms. The van der Waals surface area contributed by atoms with Crippen molar-refractivity contribution in [3.05, 3.63) is 46.1 Å². The number of alkyl halides is 3. The van der Waals surface area contributed by atoms with Crippen molar-refractivity contribution in [1.82, 2.24) is 20.1 Å². The molecular formula is C20H20ClF3N4O2. The number of rotatable bonds is 5. The summed E-state index contributed by atoms with van der Waals surface area (Å²) in [6.07, 6.45) is -4.67. The molecule has 1 amide bonds. The highest BCUT2D eigenvalue weighted by molar-refractivity contribution is 6.31. The van der Waals surface area contributed by atoms with E-state index < -0.39 is 24.3 Å². The fourth-order valence-corrected chi connectivity index (χ4v) is 3.23. The van der Waals surface area contributed by atoms with Crippen LogP contribution in [-0.4, -0.2) is 33.3 Å². The molecule has 0 saturated heterocycles. The molecule has 0 atom stereocenters.